The predicted octanol–water partition coefficient (Wildman–Crippen LogP) is 0.638. The van der Waals surface area contributed by atoms with E-state index in [1.807, 2.05) is 6.92 Å². The molecule has 1 saturated heterocycles. The van der Waals surface area contributed by atoms with Gasteiger partial charge in [-0.15, -0.1) is 0 Å². The molecule has 1 N–H and O–H groups in total. The first-order valence-electron chi connectivity index (χ1n) is 7.42. The SMILES string of the molecule is COCCN(CC1CCCN1)c1cc(C)nc2ncnn12. The molecule has 0 aromatic carbocycles. The van der Waals surface area contributed by atoms with Crippen LogP contribution in [0.15, 0.2) is 12.4 Å². The number of hydrogen-bond acceptors (Lipinski definition) is 6. The Hall–Kier alpha value is -1.73. The molecule has 1 unspecified atom stereocenters. The molecule has 0 amide bonds. The number of aromatic nitrogens is 4. The minimum absolute atomic E-state index is 0.522. The third-order valence-corrected chi connectivity index (χ3v) is 3.85. The number of methoxy groups -OCH3 is 1. The molecule has 21 heavy (non-hydrogen) atoms. The number of hydrogen-bond donors (Lipinski definition) is 1. The summed E-state index contributed by atoms with van der Waals surface area (Å²) >= 11 is 0. The number of anilines is 1. The van der Waals surface area contributed by atoms with Crippen molar-refractivity contribution in [1.29, 1.82) is 0 Å². The fraction of sp³-hybridized carbons (Fsp3) is 0.643. The Morgan fingerprint density at radius 1 is 1.52 bits per heavy atom. The Morgan fingerprint density at radius 2 is 2.43 bits per heavy atom. The van der Waals surface area contributed by atoms with E-state index in [4.69, 9.17) is 4.74 Å². The molecule has 1 atom stereocenters. The van der Waals surface area contributed by atoms with Crippen molar-refractivity contribution in [3.05, 3.63) is 18.1 Å². The van der Waals surface area contributed by atoms with Gasteiger partial charge in [0.25, 0.3) is 5.78 Å². The molecule has 1 fully saturated rings. The van der Waals surface area contributed by atoms with Gasteiger partial charge >= 0.3 is 0 Å². The molecule has 0 aliphatic carbocycles. The maximum Gasteiger partial charge on any atom is 0.254 e. The topological polar surface area (TPSA) is 67.6 Å². The van der Waals surface area contributed by atoms with Gasteiger partial charge in [-0.25, -0.2) is 4.98 Å². The Kier molecular flexibility index (Phi) is 4.31. The molecule has 0 spiro atoms. The average molecular weight is 290 g/mol. The molecule has 7 nitrogen and oxygen atoms in total. The number of rotatable bonds is 6. The molecule has 2 aromatic heterocycles. The Labute approximate surface area is 124 Å². The van der Waals surface area contributed by atoms with Gasteiger partial charge < -0.3 is 15.0 Å². The van der Waals surface area contributed by atoms with Crippen molar-refractivity contribution in [3.63, 3.8) is 0 Å². The summed E-state index contributed by atoms with van der Waals surface area (Å²) < 4.78 is 7.06. The summed E-state index contributed by atoms with van der Waals surface area (Å²) in [5.41, 5.74) is 0.951. The third kappa shape index (κ3) is 3.14. The smallest absolute Gasteiger partial charge is 0.254 e. The zero-order chi connectivity index (χ0) is 14.7. The summed E-state index contributed by atoms with van der Waals surface area (Å²) in [4.78, 5) is 10.9. The van der Waals surface area contributed by atoms with Gasteiger partial charge in [-0.2, -0.15) is 14.6 Å². The van der Waals surface area contributed by atoms with E-state index in [1.54, 1.807) is 18.0 Å². The lowest BCUT2D eigenvalue weighted by molar-refractivity contribution is 0.204. The van der Waals surface area contributed by atoms with Crippen LogP contribution in [0.1, 0.15) is 18.5 Å². The first-order chi connectivity index (χ1) is 10.3. The Bertz CT molecular complexity index is 592. The van der Waals surface area contributed by atoms with Gasteiger partial charge in [0.15, 0.2) is 0 Å². The molecule has 114 valence electrons. The second-order valence-corrected chi connectivity index (χ2v) is 5.46. The lowest BCUT2D eigenvalue weighted by Gasteiger charge is -2.27. The molecule has 1 aliphatic rings. The summed E-state index contributed by atoms with van der Waals surface area (Å²) in [6.07, 6.45) is 4.01. The molecule has 0 saturated carbocycles. The highest BCUT2D eigenvalue weighted by Gasteiger charge is 2.20. The van der Waals surface area contributed by atoms with E-state index in [0.717, 1.165) is 31.1 Å². The maximum absolute atomic E-state index is 5.26. The molecule has 0 bridgehead atoms. The quantitative estimate of drug-likeness (QED) is 0.842. The third-order valence-electron chi connectivity index (χ3n) is 3.85. The van der Waals surface area contributed by atoms with Crippen LogP contribution in [0, 0.1) is 6.92 Å². The first kappa shape index (κ1) is 14.2. The van der Waals surface area contributed by atoms with Gasteiger partial charge in [-0.3, -0.25) is 0 Å². The second-order valence-electron chi connectivity index (χ2n) is 5.46. The van der Waals surface area contributed by atoms with Crippen molar-refractivity contribution in [2.45, 2.75) is 25.8 Å². The average Bonchev–Trinajstić information content (AvgIpc) is 3.13. The maximum atomic E-state index is 5.26. The minimum Gasteiger partial charge on any atom is -0.383 e. The highest BCUT2D eigenvalue weighted by Crippen LogP contribution is 2.18. The zero-order valence-electron chi connectivity index (χ0n) is 12.6. The minimum atomic E-state index is 0.522. The van der Waals surface area contributed by atoms with E-state index in [-0.39, 0.29) is 0 Å². The number of ether oxygens (including phenoxy) is 1. The van der Waals surface area contributed by atoms with E-state index in [0.29, 0.717) is 18.4 Å². The summed E-state index contributed by atoms with van der Waals surface area (Å²) in [5, 5.41) is 7.85. The van der Waals surface area contributed by atoms with Crippen LogP contribution in [-0.2, 0) is 4.74 Å². The van der Waals surface area contributed by atoms with Gasteiger partial charge in [0.2, 0.25) is 0 Å². The van der Waals surface area contributed by atoms with Gasteiger partial charge in [0, 0.05) is 38.0 Å². The van der Waals surface area contributed by atoms with Crippen molar-refractivity contribution in [2.75, 3.05) is 38.3 Å². The van der Waals surface area contributed by atoms with Gasteiger partial charge in [0.1, 0.15) is 12.1 Å². The molecule has 1 aliphatic heterocycles. The fourth-order valence-corrected chi connectivity index (χ4v) is 2.82. The summed E-state index contributed by atoms with van der Waals surface area (Å²) in [7, 11) is 1.73. The first-order valence-corrected chi connectivity index (χ1v) is 7.42. The molecule has 7 heteroatoms. The Morgan fingerprint density at radius 3 is 3.19 bits per heavy atom. The van der Waals surface area contributed by atoms with E-state index < -0.39 is 0 Å². The van der Waals surface area contributed by atoms with Crippen LogP contribution < -0.4 is 10.2 Å². The molecular weight excluding hydrogens is 268 g/mol. The van der Waals surface area contributed by atoms with E-state index in [9.17, 15) is 0 Å². The fourth-order valence-electron chi connectivity index (χ4n) is 2.82. The van der Waals surface area contributed by atoms with Crippen LogP contribution in [0.4, 0.5) is 5.82 Å². The standard InChI is InChI=1S/C14H22N6O/c1-11-8-13(20-14(18-11)16-10-17-20)19(6-7-21-2)9-12-4-3-5-15-12/h8,10,12,15H,3-7,9H2,1-2H3. The molecule has 0 radical (unpaired) electrons. The number of fused-ring (bicyclic) bond motifs is 1. The van der Waals surface area contributed by atoms with Crippen molar-refractivity contribution in [2.24, 2.45) is 0 Å². The van der Waals surface area contributed by atoms with Crippen LogP contribution in [0.2, 0.25) is 0 Å². The number of nitrogens with one attached hydrogen (secondary N) is 1. The van der Waals surface area contributed by atoms with E-state index >= 15 is 0 Å². The van der Waals surface area contributed by atoms with Crippen LogP contribution in [-0.4, -0.2) is 59.0 Å². The molecule has 3 rings (SSSR count). The zero-order valence-corrected chi connectivity index (χ0v) is 12.6. The normalized spacial score (nSPS) is 18.5. The molecular formula is C14H22N6O. The number of nitrogens with zero attached hydrogens (tertiary/aromatic N) is 5. The second kappa shape index (κ2) is 6.36. The van der Waals surface area contributed by atoms with Gasteiger partial charge in [-0.05, 0) is 26.3 Å². The van der Waals surface area contributed by atoms with Gasteiger partial charge in [0.05, 0.1) is 6.61 Å². The summed E-state index contributed by atoms with van der Waals surface area (Å²) in [6.45, 7) is 5.55. The predicted molar refractivity (Wildman–Crippen MR) is 80.6 cm³/mol. The summed E-state index contributed by atoms with van der Waals surface area (Å²) in [5.74, 6) is 1.67. The highest BCUT2D eigenvalue weighted by atomic mass is 16.5. The van der Waals surface area contributed by atoms with Gasteiger partial charge in [-0.1, -0.05) is 0 Å². The van der Waals surface area contributed by atoms with Crippen molar-refractivity contribution in [3.8, 4) is 0 Å². The van der Waals surface area contributed by atoms with Crippen LogP contribution in [0.5, 0.6) is 0 Å². The lowest BCUT2D eigenvalue weighted by Crippen LogP contribution is -2.40. The number of aryl methyl sites for hydroxylation is 1. The van der Waals surface area contributed by atoms with Crippen molar-refractivity contribution >= 4 is 11.6 Å². The van der Waals surface area contributed by atoms with E-state index in [2.05, 4.69) is 31.3 Å². The molecule has 3 heterocycles. The molecule has 2 aromatic rings. The summed E-state index contributed by atoms with van der Waals surface area (Å²) in [6, 6.07) is 2.58. The van der Waals surface area contributed by atoms with Crippen molar-refractivity contribution < 1.29 is 4.74 Å². The largest absolute Gasteiger partial charge is 0.383 e. The Balaban J connectivity index is 1.90. The van der Waals surface area contributed by atoms with Crippen LogP contribution >= 0.6 is 0 Å². The van der Waals surface area contributed by atoms with Crippen LogP contribution in [0.3, 0.4) is 0 Å². The highest BCUT2D eigenvalue weighted by molar-refractivity contribution is 5.47. The van der Waals surface area contributed by atoms with E-state index in [1.165, 1.54) is 12.8 Å². The monoisotopic (exact) mass is 290 g/mol. The lowest BCUT2D eigenvalue weighted by atomic mass is 10.2. The van der Waals surface area contributed by atoms with Crippen LogP contribution in [0.25, 0.3) is 5.78 Å². The van der Waals surface area contributed by atoms with Crippen molar-refractivity contribution in [1.82, 2.24) is 24.9 Å².